The molecule has 3 aromatic carbocycles. The Bertz CT molecular complexity index is 623. The van der Waals surface area contributed by atoms with E-state index < -0.39 is 7.92 Å². The quantitative estimate of drug-likeness (QED) is 0.578. The molecule has 0 radical (unpaired) electrons. The summed E-state index contributed by atoms with van der Waals surface area (Å²) in [6, 6.07) is 29.6. The molecule has 0 spiro atoms. The van der Waals surface area contributed by atoms with Gasteiger partial charge in [-0.2, -0.15) is 0 Å². The van der Waals surface area contributed by atoms with E-state index in [4.69, 9.17) is 5.73 Å². The molecule has 0 aliphatic heterocycles. The topological polar surface area (TPSA) is 26.0 Å². The molecule has 0 heterocycles. The Balaban J connectivity index is 2.11. The van der Waals surface area contributed by atoms with Crippen LogP contribution in [0.3, 0.4) is 0 Å². The van der Waals surface area contributed by atoms with Crippen LogP contribution in [0.1, 0.15) is 0 Å². The molecule has 0 unspecified atom stereocenters. The summed E-state index contributed by atoms with van der Waals surface area (Å²) >= 11 is 0. The first-order valence-corrected chi connectivity index (χ1v) is 7.94. The lowest BCUT2D eigenvalue weighted by Gasteiger charge is -2.19. The number of hydrogen-bond donors (Lipinski definition) is 1. The molecule has 98 valence electrons. The third-order valence-electron chi connectivity index (χ3n) is 3.18. The van der Waals surface area contributed by atoms with E-state index in [-0.39, 0.29) is 0 Å². The van der Waals surface area contributed by atoms with Crippen molar-refractivity contribution in [3.63, 3.8) is 0 Å². The Morgan fingerprint density at radius 2 is 0.900 bits per heavy atom. The molecule has 3 aromatic rings. The van der Waals surface area contributed by atoms with E-state index in [1.165, 1.54) is 15.9 Å². The third kappa shape index (κ3) is 2.74. The Labute approximate surface area is 120 Å². The van der Waals surface area contributed by atoms with E-state index >= 15 is 0 Å². The largest absolute Gasteiger partial charge is 0.399 e. The van der Waals surface area contributed by atoms with Gasteiger partial charge in [-0.1, -0.05) is 72.8 Å². The first-order valence-electron chi connectivity index (χ1n) is 6.60. The molecule has 0 saturated heterocycles. The number of benzene rings is 3. The van der Waals surface area contributed by atoms with Crippen molar-refractivity contribution in [3.8, 4) is 0 Å². The minimum Gasteiger partial charge on any atom is -0.399 e. The Morgan fingerprint density at radius 3 is 1.35 bits per heavy atom. The molecular formula is C18H16NP. The Hall–Kier alpha value is -2.11. The van der Waals surface area contributed by atoms with Crippen LogP contribution in [0.15, 0.2) is 84.9 Å². The SMILES string of the molecule is Nc1ccc(P(c2ccccc2)c2ccccc2)cc1. The van der Waals surface area contributed by atoms with Gasteiger partial charge in [0.25, 0.3) is 0 Å². The number of nitrogens with two attached hydrogens (primary N) is 1. The van der Waals surface area contributed by atoms with Crippen LogP contribution in [0.2, 0.25) is 0 Å². The lowest BCUT2D eigenvalue weighted by molar-refractivity contribution is 1.72. The number of anilines is 1. The highest BCUT2D eigenvalue weighted by Crippen LogP contribution is 2.32. The van der Waals surface area contributed by atoms with Gasteiger partial charge in [0.1, 0.15) is 0 Å². The molecule has 0 amide bonds. The summed E-state index contributed by atoms with van der Waals surface area (Å²) in [4.78, 5) is 0. The van der Waals surface area contributed by atoms with E-state index in [1.54, 1.807) is 0 Å². The maximum atomic E-state index is 5.81. The van der Waals surface area contributed by atoms with Gasteiger partial charge in [-0.15, -0.1) is 0 Å². The minimum absolute atomic E-state index is 0.514. The third-order valence-corrected chi connectivity index (χ3v) is 5.62. The fourth-order valence-corrected chi connectivity index (χ4v) is 4.51. The van der Waals surface area contributed by atoms with Gasteiger partial charge in [0.2, 0.25) is 0 Å². The molecular weight excluding hydrogens is 261 g/mol. The summed E-state index contributed by atoms with van der Waals surface area (Å²) < 4.78 is 0. The molecule has 0 saturated carbocycles. The van der Waals surface area contributed by atoms with Gasteiger partial charge in [0.15, 0.2) is 0 Å². The highest BCUT2D eigenvalue weighted by Gasteiger charge is 2.15. The van der Waals surface area contributed by atoms with Gasteiger partial charge in [0, 0.05) is 5.69 Å². The molecule has 3 rings (SSSR count). The molecule has 2 heteroatoms. The molecule has 2 N–H and O–H groups in total. The van der Waals surface area contributed by atoms with Crippen molar-refractivity contribution in [1.29, 1.82) is 0 Å². The Morgan fingerprint density at radius 1 is 0.500 bits per heavy atom. The molecule has 0 aliphatic rings. The van der Waals surface area contributed by atoms with E-state index in [0.29, 0.717) is 0 Å². The van der Waals surface area contributed by atoms with Crippen LogP contribution in [0, 0.1) is 0 Å². The van der Waals surface area contributed by atoms with Gasteiger partial charge in [-0.05, 0) is 36.0 Å². The summed E-state index contributed by atoms with van der Waals surface area (Å²) in [5, 5.41) is 4.04. The normalized spacial score (nSPS) is 10.7. The van der Waals surface area contributed by atoms with Crippen molar-refractivity contribution in [1.82, 2.24) is 0 Å². The fourth-order valence-electron chi connectivity index (χ4n) is 2.22. The van der Waals surface area contributed by atoms with Crippen molar-refractivity contribution in [2.24, 2.45) is 0 Å². The predicted octanol–water partition coefficient (Wildman–Crippen LogP) is 3.03. The lowest BCUT2D eigenvalue weighted by Crippen LogP contribution is -2.20. The smallest absolute Gasteiger partial charge is 0.0314 e. The monoisotopic (exact) mass is 277 g/mol. The molecule has 0 aliphatic carbocycles. The summed E-state index contributed by atoms with van der Waals surface area (Å²) in [5.41, 5.74) is 6.62. The van der Waals surface area contributed by atoms with E-state index in [9.17, 15) is 0 Å². The molecule has 0 bridgehead atoms. The zero-order valence-corrected chi connectivity index (χ0v) is 12.0. The molecule has 1 nitrogen and oxygen atoms in total. The molecule has 0 fully saturated rings. The van der Waals surface area contributed by atoms with Gasteiger partial charge in [0.05, 0.1) is 0 Å². The van der Waals surface area contributed by atoms with Crippen LogP contribution < -0.4 is 21.6 Å². The van der Waals surface area contributed by atoms with Crippen LogP contribution in [0.25, 0.3) is 0 Å². The second-order valence-corrected chi connectivity index (χ2v) is 6.82. The zero-order valence-electron chi connectivity index (χ0n) is 11.1. The minimum atomic E-state index is -0.514. The van der Waals surface area contributed by atoms with Gasteiger partial charge >= 0.3 is 0 Å². The average molecular weight is 277 g/mol. The highest BCUT2D eigenvalue weighted by atomic mass is 31.1. The highest BCUT2D eigenvalue weighted by molar-refractivity contribution is 7.79. The van der Waals surface area contributed by atoms with Crippen LogP contribution in [-0.2, 0) is 0 Å². The number of rotatable bonds is 3. The first-order chi connectivity index (χ1) is 9.84. The standard InChI is InChI=1S/C18H16NP/c19-15-11-13-18(14-12-15)20(16-7-3-1-4-8-16)17-9-5-2-6-10-17/h1-14H,19H2. The van der Waals surface area contributed by atoms with Gasteiger partial charge < -0.3 is 5.73 Å². The van der Waals surface area contributed by atoms with Crippen molar-refractivity contribution < 1.29 is 0 Å². The first kappa shape index (κ1) is 12.9. The maximum Gasteiger partial charge on any atom is 0.0314 e. The maximum absolute atomic E-state index is 5.81. The average Bonchev–Trinajstić information content (AvgIpc) is 2.52. The van der Waals surface area contributed by atoms with Crippen molar-refractivity contribution in [3.05, 3.63) is 84.9 Å². The fraction of sp³-hybridized carbons (Fsp3) is 0. The number of nitrogen functional groups attached to an aromatic ring is 1. The summed E-state index contributed by atoms with van der Waals surface area (Å²) in [5.74, 6) is 0. The summed E-state index contributed by atoms with van der Waals surface area (Å²) in [7, 11) is -0.514. The van der Waals surface area contributed by atoms with E-state index in [0.717, 1.165) is 5.69 Å². The van der Waals surface area contributed by atoms with Gasteiger partial charge in [-0.25, -0.2) is 0 Å². The zero-order chi connectivity index (χ0) is 13.8. The Kier molecular flexibility index (Phi) is 3.80. The van der Waals surface area contributed by atoms with Crippen molar-refractivity contribution in [2.45, 2.75) is 0 Å². The predicted molar refractivity (Wildman–Crippen MR) is 89.6 cm³/mol. The second kappa shape index (κ2) is 5.90. The van der Waals surface area contributed by atoms with E-state index in [1.807, 2.05) is 12.1 Å². The second-order valence-electron chi connectivity index (χ2n) is 4.60. The van der Waals surface area contributed by atoms with Crippen LogP contribution in [-0.4, -0.2) is 0 Å². The summed E-state index contributed by atoms with van der Waals surface area (Å²) in [6.45, 7) is 0. The lowest BCUT2D eigenvalue weighted by atomic mass is 10.3. The van der Waals surface area contributed by atoms with Crippen LogP contribution in [0.5, 0.6) is 0 Å². The van der Waals surface area contributed by atoms with Crippen molar-refractivity contribution in [2.75, 3.05) is 5.73 Å². The van der Waals surface area contributed by atoms with Crippen molar-refractivity contribution >= 4 is 29.5 Å². The summed E-state index contributed by atoms with van der Waals surface area (Å²) in [6.07, 6.45) is 0. The van der Waals surface area contributed by atoms with E-state index in [2.05, 4.69) is 72.8 Å². The van der Waals surface area contributed by atoms with Crippen LogP contribution in [0.4, 0.5) is 5.69 Å². The number of hydrogen-bond acceptors (Lipinski definition) is 1. The van der Waals surface area contributed by atoms with Gasteiger partial charge in [-0.3, -0.25) is 0 Å². The molecule has 0 aromatic heterocycles. The molecule has 0 atom stereocenters. The van der Waals surface area contributed by atoms with Crippen LogP contribution >= 0.6 is 7.92 Å². The molecule has 20 heavy (non-hydrogen) atoms.